The van der Waals surface area contributed by atoms with Gasteiger partial charge in [0, 0.05) is 51.9 Å². The van der Waals surface area contributed by atoms with Gasteiger partial charge in [-0.3, -0.25) is 0 Å². The van der Waals surface area contributed by atoms with Gasteiger partial charge in [-0.2, -0.15) is 8.61 Å². The maximum absolute atomic E-state index is 13.1. The van der Waals surface area contributed by atoms with Gasteiger partial charge in [-0.15, -0.1) is 0 Å². The Morgan fingerprint density at radius 3 is 2.13 bits per heavy atom. The van der Waals surface area contributed by atoms with E-state index in [1.54, 1.807) is 30.7 Å². The fourth-order valence-corrected chi connectivity index (χ4v) is 6.35. The molecule has 1 aliphatic rings. The maximum atomic E-state index is 13.1. The van der Waals surface area contributed by atoms with Gasteiger partial charge in [-0.25, -0.2) is 26.8 Å². The molecule has 1 aromatic carbocycles. The van der Waals surface area contributed by atoms with Crippen LogP contribution in [-0.2, 0) is 27.1 Å². The Morgan fingerprint density at radius 1 is 0.935 bits per heavy atom. The van der Waals surface area contributed by atoms with E-state index < -0.39 is 20.0 Å². The summed E-state index contributed by atoms with van der Waals surface area (Å²) >= 11 is 0. The van der Waals surface area contributed by atoms with Crippen molar-refractivity contribution in [2.45, 2.75) is 23.3 Å². The Labute approximate surface area is 181 Å². The van der Waals surface area contributed by atoms with Crippen LogP contribution in [0.15, 0.2) is 57.4 Å². The van der Waals surface area contributed by atoms with Crippen molar-refractivity contribution in [3.63, 3.8) is 0 Å². The number of oxazole rings is 1. The maximum Gasteiger partial charge on any atom is 0.262 e. The molecule has 1 fully saturated rings. The predicted molar refractivity (Wildman–Crippen MR) is 112 cm³/mol. The summed E-state index contributed by atoms with van der Waals surface area (Å²) in [5, 5.41) is -0.0370. The molecule has 166 valence electrons. The highest BCUT2D eigenvalue weighted by Gasteiger charge is 2.32. The Bertz CT molecular complexity index is 1280. The average Bonchev–Trinajstić information content (AvgIpc) is 3.28. The molecule has 0 N–H and O–H groups in total. The number of sulfonamides is 2. The van der Waals surface area contributed by atoms with Gasteiger partial charge in [-0.1, -0.05) is 12.1 Å². The van der Waals surface area contributed by atoms with Gasteiger partial charge in [0.2, 0.25) is 10.0 Å². The number of nitrogens with zero attached hydrogens (tertiary/aromatic N) is 5. The second-order valence-corrected chi connectivity index (χ2v) is 11.1. The molecule has 31 heavy (non-hydrogen) atoms. The number of hydrogen-bond acceptors (Lipinski definition) is 7. The highest BCUT2D eigenvalue weighted by molar-refractivity contribution is 7.89. The topological polar surface area (TPSA) is 119 Å². The Morgan fingerprint density at radius 2 is 1.58 bits per heavy atom. The fraction of sp³-hybridized carbons (Fsp3) is 0.368. The summed E-state index contributed by atoms with van der Waals surface area (Å²) in [6, 6.07) is 6.42. The van der Waals surface area contributed by atoms with Crippen LogP contribution in [0.1, 0.15) is 12.3 Å². The number of aromatic nitrogens is 3. The van der Waals surface area contributed by atoms with Crippen LogP contribution in [-0.4, -0.2) is 66.2 Å². The number of benzene rings is 1. The quantitative estimate of drug-likeness (QED) is 0.560. The summed E-state index contributed by atoms with van der Waals surface area (Å²) < 4.78 is 61.3. The first-order chi connectivity index (χ1) is 14.7. The molecule has 1 saturated heterocycles. The van der Waals surface area contributed by atoms with Gasteiger partial charge in [-0.05, 0) is 18.6 Å². The predicted octanol–water partition coefficient (Wildman–Crippen LogP) is 1.47. The lowest BCUT2D eigenvalue weighted by Gasteiger charge is -2.21. The van der Waals surface area contributed by atoms with E-state index in [1.165, 1.54) is 39.5 Å². The molecule has 2 aromatic heterocycles. The van der Waals surface area contributed by atoms with Gasteiger partial charge >= 0.3 is 0 Å². The molecule has 12 heteroatoms. The first-order valence-electron chi connectivity index (χ1n) is 9.69. The van der Waals surface area contributed by atoms with E-state index in [2.05, 4.69) is 9.97 Å². The molecule has 3 heterocycles. The van der Waals surface area contributed by atoms with Crippen molar-refractivity contribution in [1.82, 2.24) is 23.1 Å². The molecule has 1 aliphatic heterocycles. The molecule has 0 spiro atoms. The monoisotopic (exact) mass is 465 g/mol. The van der Waals surface area contributed by atoms with Crippen LogP contribution in [0.3, 0.4) is 0 Å². The zero-order valence-electron chi connectivity index (χ0n) is 17.2. The van der Waals surface area contributed by atoms with Crippen molar-refractivity contribution in [3.05, 3.63) is 48.9 Å². The second-order valence-electron chi connectivity index (χ2n) is 7.32. The third-order valence-corrected chi connectivity index (χ3v) is 8.80. The average molecular weight is 466 g/mol. The minimum absolute atomic E-state index is 0.0370. The van der Waals surface area contributed by atoms with Crippen molar-refractivity contribution in [2.75, 3.05) is 26.2 Å². The lowest BCUT2D eigenvalue weighted by atomic mass is 10.2. The van der Waals surface area contributed by atoms with Crippen molar-refractivity contribution >= 4 is 20.0 Å². The molecule has 0 aliphatic carbocycles. The van der Waals surface area contributed by atoms with Gasteiger partial charge in [0.25, 0.3) is 10.0 Å². The second kappa shape index (κ2) is 8.19. The van der Waals surface area contributed by atoms with Crippen LogP contribution in [0.4, 0.5) is 0 Å². The molecule has 0 bridgehead atoms. The van der Waals surface area contributed by atoms with Crippen molar-refractivity contribution in [2.24, 2.45) is 7.05 Å². The minimum Gasteiger partial charge on any atom is -0.449 e. The molecule has 0 atom stereocenters. The van der Waals surface area contributed by atoms with E-state index in [0.717, 1.165) is 5.56 Å². The molecule has 4 rings (SSSR count). The Hall–Kier alpha value is -2.54. The lowest BCUT2D eigenvalue weighted by molar-refractivity contribution is 0.403. The third-order valence-electron chi connectivity index (χ3n) is 5.11. The summed E-state index contributed by atoms with van der Waals surface area (Å²) in [4.78, 5) is 8.32. The molecule has 0 amide bonds. The van der Waals surface area contributed by atoms with Crippen molar-refractivity contribution in [3.8, 4) is 11.3 Å². The van der Waals surface area contributed by atoms with Gasteiger partial charge in [0.05, 0.1) is 11.2 Å². The van der Waals surface area contributed by atoms with Crippen molar-refractivity contribution < 1.29 is 21.3 Å². The molecule has 0 radical (unpaired) electrons. The summed E-state index contributed by atoms with van der Waals surface area (Å²) in [6.07, 6.45) is 4.77. The van der Waals surface area contributed by atoms with Gasteiger partial charge < -0.3 is 8.98 Å². The van der Waals surface area contributed by atoms with E-state index in [0.29, 0.717) is 18.0 Å². The van der Waals surface area contributed by atoms with Crippen LogP contribution < -0.4 is 0 Å². The summed E-state index contributed by atoms with van der Waals surface area (Å²) in [7, 11) is -5.84. The first kappa shape index (κ1) is 21.7. The van der Waals surface area contributed by atoms with E-state index >= 15 is 0 Å². The van der Waals surface area contributed by atoms with Gasteiger partial charge in [0.1, 0.15) is 12.0 Å². The molecule has 10 nitrogen and oxygen atoms in total. The molecular formula is C19H23N5O5S2. The van der Waals surface area contributed by atoms with Crippen LogP contribution in [0, 0.1) is 6.92 Å². The molecule has 3 aromatic rings. The summed E-state index contributed by atoms with van der Waals surface area (Å²) in [5.74, 6) is 0.529. The van der Waals surface area contributed by atoms with E-state index in [4.69, 9.17) is 4.42 Å². The van der Waals surface area contributed by atoms with E-state index in [-0.39, 0.29) is 36.1 Å². The molecular weight excluding hydrogens is 442 g/mol. The Balaban J connectivity index is 1.50. The fourth-order valence-electron chi connectivity index (χ4n) is 3.45. The van der Waals surface area contributed by atoms with Crippen molar-refractivity contribution in [1.29, 1.82) is 0 Å². The largest absolute Gasteiger partial charge is 0.449 e. The number of aryl methyl sites for hydroxylation is 2. The summed E-state index contributed by atoms with van der Waals surface area (Å²) in [5.41, 5.74) is 1.38. The zero-order valence-corrected chi connectivity index (χ0v) is 18.8. The van der Waals surface area contributed by atoms with Gasteiger partial charge in [0.15, 0.2) is 10.9 Å². The highest BCUT2D eigenvalue weighted by Crippen LogP contribution is 2.24. The number of hydrogen-bond donors (Lipinski definition) is 0. The van der Waals surface area contributed by atoms with Crippen LogP contribution in [0.2, 0.25) is 0 Å². The zero-order chi connectivity index (χ0) is 22.2. The third kappa shape index (κ3) is 4.28. The molecule has 0 saturated carbocycles. The lowest BCUT2D eigenvalue weighted by Crippen LogP contribution is -2.37. The van der Waals surface area contributed by atoms with Crippen LogP contribution in [0.5, 0.6) is 0 Å². The highest BCUT2D eigenvalue weighted by atomic mass is 32.2. The summed E-state index contributed by atoms with van der Waals surface area (Å²) in [6.45, 7) is 2.34. The smallest absolute Gasteiger partial charge is 0.262 e. The van der Waals surface area contributed by atoms with Crippen LogP contribution in [0.25, 0.3) is 11.3 Å². The minimum atomic E-state index is -3.77. The number of imidazole rings is 1. The number of rotatable bonds is 5. The normalized spacial score (nSPS) is 17.0. The standard InChI is InChI=1S/C19H23N5O5S2/c1-15-21-18(13-29-15)16-4-6-17(7-5-16)30(25,26)23-8-3-9-24(11-10-23)31(27,28)19-12-22(2)14-20-19/h4-7,12-14H,3,8-11H2,1-2H3. The first-order valence-corrected chi connectivity index (χ1v) is 12.6. The molecule has 0 unspecified atom stereocenters. The SMILES string of the molecule is Cc1nc(-c2ccc(S(=O)(=O)N3CCCN(S(=O)(=O)c4cn(C)cn4)CC3)cc2)co1. The van der Waals surface area contributed by atoms with E-state index in [1.807, 2.05) is 0 Å². The van der Waals surface area contributed by atoms with Crippen LogP contribution >= 0.6 is 0 Å². The Kier molecular flexibility index (Phi) is 5.73. The van der Waals surface area contributed by atoms with E-state index in [9.17, 15) is 16.8 Å².